The topological polar surface area (TPSA) is 49.4 Å². The minimum atomic E-state index is -0.519. The molecule has 130 valence electrons. The first-order chi connectivity index (χ1) is 12.0. The van der Waals surface area contributed by atoms with Crippen LogP contribution in [0.25, 0.3) is 0 Å². The molecule has 0 aliphatic heterocycles. The van der Waals surface area contributed by atoms with E-state index in [0.29, 0.717) is 5.56 Å². The van der Waals surface area contributed by atoms with Gasteiger partial charge >= 0.3 is 0 Å². The standard InChI is InChI=1S/C19H18F2N2O2/c20-15-6-3-5-13(10-15)19(25)22-11-18(24)23(16-8-9-16)12-14-4-1-2-7-17(14)21/h1-7,10,16H,8-9,11-12H2,(H,22,25). The van der Waals surface area contributed by atoms with Crippen molar-refractivity contribution in [3.63, 3.8) is 0 Å². The first-order valence-electron chi connectivity index (χ1n) is 8.11. The molecular weight excluding hydrogens is 326 g/mol. The molecule has 2 amide bonds. The Morgan fingerprint density at radius 1 is 1.08 bits per heavy atom. The van der Waals surface area contributed by atoms with Crippen LogP contribution in [0.4, 0.5) is 8.78 Å². The number of amides is 2. The second-order valence-corrected chi connectivity index (χ2v) is 6.04. The van der Waals surface area contributed by atoms with E-state index in [1.54, 1.807) is 23.1 Å². The fraction of sp³-hybridized carbons (Fsp3) is 0.263. The first-order valence-corrected chi connectivity index (χ1v) is 8.11. The van der Waals surface area contributed by atoms with Crippen LogP contribution in [0.5, 0.6) is 0 Å². The SMILES string of the molecule is O=C(NCC(=O)N(Cc1ccccc1F)C1CC1)c1cccc(F)c1. The molecule has 0 heterocycles. The summed E-state index contributed by atoms with van der Waals surface area (Å²) in [7, 11) is 0. The van der Waals surface area contributed by atoms with Crippen molar-refractivity contribution in [3.8, 4) is 0 Å². The van der Waals surface area contributed by atoms with E-state index in [0.717, 1.165) is 18.9 Å². The Labute approximate surface area is 144 Å². The van der Waals surface area contributed by atoms with E-state index < -0.39 is 11.7 Å². The number of carbonyl (C=O) groups is 2. The number of carbonyl (C=O) groups excluding carboxylic acids is 2. The maximum Gasteiger partial charge on any atom is 0.251 e. The van der Waals surface area contributed by atoms with E-state index in [4.69, 9.17) is 0 Å². The largest absolute Gasteiger partial charge is 0.343 e. The molecule has 3 rings (SSSR count). The van der Waals surface area contributed by atoms with Crippen LogP contribution in [0, 0.1) is 11.6 Å². The Morgan fingerprint density at radius 3 is 2.52 bits per heavy atom. The van der Waals surface area contributed by atoms with Gasteiger partial charge in [-0.1, -0.05) is 24.3 Å². The number of hydrogen-bond donors (Lipinski definition) is 1. The maximum absolute atomic E-state index is 13.8. The van der Waals surface area contributed by atoms with Crippen LogP contribution in [0.2, 0.25) is 0 Å². The molecule has 4 nitrogen and oxygen atoms in total. The van der Waals surface area contributed by atoms with Gasteiger partial charge in [0.25, 0.3) is 5.91 Å². The van der Waals surface area contributed by atoms with E-state index in [1.807, 2.05) is 0 Å². The predicted molar refractivity (Wildman–Crippen MR) is 88.7 cm³/mol. The van der Waals surface area contributed by atoms with Gasteiger partial charge < -0.3 is 10.2 Å². The maximum atomic E-state index is 13.8. The normalized spacial score (nSPS) is 13.4. The van der Waals surface area contributed by atoms with Gasteiger partial charge in [-0.3, -0.25) is 9.59 Å². The molecule has 0 spiro atoms. The number of nitrogens with zero attached hydrogens (tertiary/aromatic N) is 1. The van der Waals surface area contributed by atoms with Crippen LogP contribution in [0.15, 0.2) is 48.5 Å². The van der Waals surface area contributed by atoms with Crippen molar-refractivity contribution in [2.75, 3.05) is 6.54 Å². The second kappa shape index (κ2) is 7.42. The van der Waals surface area contributed by atoms with Crippen LogP contribution in [-0.4, -0.2) is 29.3 Å². The first kappa shape index (κ1) is 17.1. The van der Waals surface area contributed by atoms with Gasteiger partial charge in [-0.05, 0) is 37.1 Å². The Hall–Kier alpha value is -2.76. The monoisotopic (exact) mass is 344 g/mol. The Morgan fingerprint density at radius 2 is 1.84 bits per heavy atom. The lowest BCUT2D eigenvalue weighted by atomic mass is 10.2. The summed E-state index contributed by atoms with van der Waals surface area (Å²) in [6.45, 7) is -0.0354. The number of rotatable bonds is 6. The molecule has 1 aliphatic carbocycles. The van der Waals surface area contributed by atoms with Crippen molar-refractivity contribution in [3.05, 3.63) is 71.3 Å². The van der Waals surface area contributed by atoms with Crippen molar-refractivity contribution in [2.24, 2.45) is 0 Å². The zero-order valence-corrected chi connectivity index (χ0v) is 13.5. The summed E-state index contributed by atoms with van der Waals surface area (Å²) < 4.78 is 27.0. The lowest BCUT2D eigenvalue weighted by Gasteiger charge is -2.23. The van der Waals surface area contributed by atoms with Gasteiger partial charge in [-0.25, -0.2) is 8.78 Å². The Balaban J connectivity index is 1.62. The van der Waals surface area contributed by atoms with E-state index >= 15 is 0 Å². The highest BCUT2D eigenvalue weighted by Crippen LogP contribution is 2.28. The fourth-order valence-corrected chi connectivity index (χ4v) is 2.61. The van der Waals surface area contributed by atoms with Crippen molar-refractivity contribution < 1.29 is 18.4 Å². The number of hydrogen-bond acceptors (Lipinski definition) is 2. The molecule has 0 saturated heterocycles. The Kier molecular flexibility index (Phi) is 5.07. The smallest absolute Gasteiger partial charge is 0.251 e. The highest BCUT2D eigenvalue weighted by atomic mass is 19.1. The van der Waals surface area contributed by atoms with E-state index in [2.05, 4.69) is 5.32 Å². The van der Waals surface area contributed by atoms with Crippen LogP contribution in [0.1, 0.15) is 28.8 Å². The van der Waals surface area contributed by atoms with Gasteiger partial charge in [0.15, 0.2) is 0 Å². The summed E-state index contributed by atoms with van der Waals surface area (Å²) >= 11 is 0. The minimum Gasteiger partial charge on any atom is -0.343 e. The summed E-state index contributed by atoms with van der Waals surface area (Å²) in [5, 5.41) is 2.50. The van der Waals surface area contributed by atoms with Crippen molar-refractivity contribution in [1.29, 1.82) is 0 Å². The third kappa shape index (κ3) is 4.41. The average Bonchev–Trinajstić information content (AvgIpc) is 3.43. The molecule has 0 unspecified atom stereocenters. The molecule has 6 heteroatoms. The van der Waals surface area contributed by atoms with Gasteiger partial charge in [-0.2, -0.15) is 0 Å². The van der Waals surface area contributed by atoms with Crippen LogP contribution < -0.4 is 5.32 Å². The number of halogens is 2. The van der Waals surface area contributed by atoms with Crippen molar-refractivity contribution in [1.82, 2.24) is 10.2 Å². The van der Waals surface area contributed by atoms with Crippen molar-refractivity contribution >= 4 is 11.8 Å². The van der Waals surface area contributed by atoms with Gasteiger partial charge in [0.1, 0.15) is 11.6 Å². The number of benzene rings is 2. The summed E-state index contributed by atoms with van der Waals surface area (Å²) in [6.07, 6.45) is 1.75. The number of nitrogens with one attached hydrogen (secondary N) is 1. The van der Waals surface area contributed by atoms with Crippen LogP contribution in [-0.2, 0) is 11.3 Å². The molecule has 0 atom stereocenters. The van der Waals surface area contributed by atoms with Gasteiger partial charge in [0, 0.05) is 23.7 Å². The molecule has 1 saturated carbocycles. The second-order valence-electron chi connectivity index (χ2n) is 6.04. The third-order valence-corrected chi connectivity index (χ3v) is 4.09. The highest BCUT2D eigenvalue weighted by Gasteiger charge is 2.32. The molecule has 1 aliphatic rings. The van der Waals surface area contributed by atoms with E-state index in [-0.39, 0.29) is 36.4 Å². The van der Waals surface area contributed by atoms with E-state index in [1.165, 1.54) is 24.3 Å². The summed E-state index contributed by atoms with van der Waals surface area (Å²) in [6, 6.07) is 11.7. The molecule has 0 radical (unpaired) electrons. The lowest BCUT2D eigenvalue weighted by Crippen LogP contribution is -2.41. The molecule has 1 fully saturated rings. The molecule has 25 heavy (non-hydrogen) atoms. The van der Waals surface area contributed by atoms with Gasteiger partial charge in [0.2, 0.25) is 5.91 Å². The third-order valence-electron chi connectivity index (χ3n) is 4.09. The average molecular weight is 344 g/mol. The zero-order chi connectivity index (χ0) is 17.8. The molecule has 2 aromatic rings. The quantitative estimate of drug-likeness (QED) is 0.876. The molecule has 2 aromatic carbocycles. The molecule has 0 aromatic heterocycles. The fourth-order valence-electron chi connectivity index (χ4n) is 2.61. The van der Waals surface area contributed by atoms with Crippen molar-refractivity contribution in [2.45, 2.75) is 25.4 Å². The lowest BCUT2D eigenvalue weighted by molar-refractivity contribution is -0.131. The van der Waals surface area contributed by atoms with Crippen LogP contribution in [0.3, 0.4) is 0 Å². The molecule has 0 bridgehead atoms. The molecular formula is C19H18F2N2O2. The molecule has 1 N–H and O–H groups in total. The Bertz CT molecular complexity index is 790. The summed E-state index contributed by atoms with van der Waals surface area (Å²) in [5.41, 5.74) is 0.596. The van der Waals surface area contributed by atoms with Gasteiger partial charge in [0.05, 0.1) is 6.54 Å². The zero-order valence-electron chi connectivity index (χ0n) is 13.5. The highest BCUT2D eigenvalue weighted by molar-refractivity contribution is 5.96. The minimum absolute atomic E-state index is 0.0816. The van der Waals surface area contributed by atoms with E-state index in [9.17, 15) is 18.4 Å². The van der Waals surface area contributed by atoms with Crippen LogP contribution >= 0.6 is 0 Å². The summed E-state index contributed by atoms with van der Waals surface area (Å²) in [4.78, 5) is 26.1. The predicted octanol–water partition coefficient (Wildman–Crippen LogP) is 2.89. The summed E-state index contributed by atoms with van der Waals surface area (Å²) in [5.74, 6) is -1.67. The van der Waals surface area contributed by atoms with Gasteiger partial charge in [-0.15, -0.1) is 0 Å².